The summed E-state index contributed by atoms with van der Waals surface area (Å²) in [5.41, 5.74) is 0. The normalized spacial score (nSPS) is 21.8. The summed E-state index contributed by atoms with van der Waals surface area (Å²) in [6.45, 7) is 2.01. The van der Waals surface area contributed by atoms with E-state index in [9.17, 15) is 0 Å². The van der Waals surface area contributed by atoms with Crippen molar-refractivity contribution in [2.75, 3.05) is 13.1 Å². The molecule has 1 fully saturated rings. The van der Waals surface area contributed by atoms with Crippen LogP contribution in [-0.4, -0.2) is 24.2 Å². The lowest BCUT2D eigenvalue weighted by molar-refractivity contribution is 0.222. The smallest absolute Gasteiger partial charge is 0.139 e. The van der Waals surface area contributed by atoms with Crippen LogP contribution in [0.25, 0.3) is 0 Å². The quantitative estimate of drug-likeness (QED) is 0.837. The van der Waals surface area contributed by atoms with Gasteiger partial charge >= 0.3 is 0 Å². The third-order valence-electron chi connectivity index (χ3n) is 2.00. The van der Waals surface area contributed by atoms with Gasteiger partial charge in [0.2, 0.25) is 0 Å². The molecule has 0 aliphatic carbocycles. The van der Waals surface area contributed by atoms with Crippen molar-refractivity contribution in [1.29, 1.82) is 0 Å². The van der Waals surface area contributed by atoms with Crippen LogP contribution in [0.5, 0.6) is 5.75 Å². The van der Waals surface area contributed by atoms with Crippen LogP contribution >= 0.6 is 22.6 Å². The third-order valence-corrected chi connectivity index (χ3v) is 2.59. The van der Waals surface area contributed by atoms with Crippen LogP contribution in [0.2, 0.25) is 0 Å². The van der Waals surface area contributed by atoms with Gasteiger partial charge in [-0.3, -0.25) is 4.98 Å². The fourth-order valence-electron chi connectivity index (χ4n) is 1.38. The molecule has 0 saturated carbocycles. The lowest BCUT2D eigenvalue weighted by atomic mass is 10.3. The number of hydrogen-bond acceptors (Lipinski definition) is 3. The Balaban J connectivity index is 2.00. The minimum absolute atomic E-state index is 0.319. The second-order valence-electron chi connectivity index (χ2n) is 3.07. The van der Waals surface area contributed by atoms with E-state index in [0.717, 1.165) is 28.8 Å². The standard InChI is InChI=1S/C9H11IN2O/c10-7-3-9(6-12-4-7)13-8-1-2-11-5-8/h3-4,6,8,11H,1-2,5H2/t8-/m1/s1. The molecule has 0 spiro atoms. The molecule has 1 saturated heterocycles. The fourth-order valence-corrected chi connectivity index (χ4v) is 1.85. The zero-order valence-corrected chi connectivity index (χ0v) is 9.32. The lowest BCUT2D eigenvalue weighted by Gasteiger charge is -2.11. The molecular weight excluding hydrogens is 279 g/mol. The molecule has 2 heterocycles. The van der Waals surface area contributed by atoms with E-state index in [-0.39, 0.29) is 0 Å². The van der Waals surface area contributed by atoms with Gasteiger partial charge in [0.25, 0.3) is 0 Å². The molecule has 13 heavy (non-hydrogen) atoms. The summed E-state index contributed by atoms with van der Waals surface area (Å²) >= 11 is 2.23. The van der Waals surface area contributed by atoms with Gasteiger partial charge in [-0.05, 0) is 41.6 Å². The van der Waals surface area contributed by atoms with Crippen molar-refractivity contribution in [3.05, 3.63) is 22.0 Å². The summed E-state index contributed by atoms with van der Waals surface area (Å²) in [6.07, 6.45) is 4.99. The van der Waals surface area contributed by atoms with Crippen LogP contribution in [0.3, 0.4) is 0 Å². The SMILES string of the molecule is Ic1cncc(O[C@@H]2CCNC2)c1. The first-order valence-electron chi connectivity index (χ1n) is 4.32. The summed E-state index contributed by atoms with van der Waals surface area (Å²) in [5.74, 6) is 0.876. The number of pyridine rings is 1. The van der Waals surface area contributed by atoms with E-state index in [4.69, 9.17) is 4.74 Å². The van der Waals surface area contributed by atoms with Crippen molar-refractivity contribution < 1.29 is 4.74 Å². The van der Waals surface area contributed by atoms with E-state index in [1.165, 1.54) is 0 Å². The van der Waals surface area contributed by atoms with E-state index in [1.54, 1.807) is 6.20 Å². The predicted molar refractivity (Wildman–Crippen MR) is 58.9 cm³/mol. The van der Waals surface area contributed by atoms with Gasteiger partial charge in [-0.2, -0.15) is 0 Å². The second-order valence-corrected chi connectivity index (χ2v) is 4.32. The Labute approximate surface area is 91.0 Å². The van der Waals surface area contributed by atoms with Crippen LogP contribution in [-0.2, 0) is 0 Å². The number of halogens is 1. The van der Waals surface area contributed by atoms with Crippen molar-refractivity contribution >= 4 is 22.6 Å². The Morgan fingerprint density at radius 1 is 1.54 bits per heavy atom. The first kappa shape index (κ1) is 9.21. The number of nitrogens with zero attached hydrogens (tertiary/aromatic N) is 1. The predicted octanol–water partition coefficient (Wildman–Crippen LogP) is 1.43. The van der Waals surface area contributed by atoms with Gasteiger partial charge in [0.1, 0.15) is 11.9 Å². The molecule has 0 radical (unpaired) electrons. The molecule has 2 rings (SSSR count). The summed E-state index contributed by atoms with van der Waals surface area (Å²) in [7, 11) is 0. The van der Waals surface area contributed by atoms with Crippen LogP contribution < -0.4 is 10.1 Å². The molecule has 4 heteroatoms. The molecule has 70 valence electrons. The van der Waals surface area contributed by atoms with Crippen LogP contribution in [0, 0.1) is 3.57 Å². The first-order valence-corrected chi connectivity index (χ1v) is 5.40. The lowest BCUT2D eigenvalue weighted by Crippen LogP contribution is -2.19. The van der Waals surface area contributed by atoms with Gasteiger partial charge in [-0.15, -0.1) is 0 Å². The van der Waals surface area contributed by atoms with Gasteiger partial charge in [0, 0.05) is 16.3 Å². The van der Waals surface area contributed by atoms with Crippen molar-refractivity contribution in [1.82, 2.24) is 10.3 Å². The zero-order valence-electron chi connectivity index (χ0n) is 7.16. The highest BCUT2D eigenvalue weighted by molar-refractivity contribution is 14.1. The Morgan fingerprint density at radius 3 is 3.15 bits per heavy atom. The molecule has 3 nitrogen and oxygen atoms in total. The minimum atomic E-state index is 0.319. The molecule has 0 amide bonds. The average Bonchev–Trinajstić information content (AvgIpc) is 2.57. The molecule has 0 bridgehead atoms. The van der Waals surface area contributed by atoms with Crippen molar-refractivity contribution in [3.63, 3.8) is 0 Å². The van der Waals surface area contributed by atoms with Gasteiger partial charge in [-0.1, -0.05) is 0 Å². The summed E-state index contributed by atoms with van der Waals surface area (Å²) in [5, 5.41) is 3.26. The number of nitrogens with one attached hydrogen (secondary N) is 1. The Bertz CT molecular complexity index is 287. The Hall–Kier alpha value is -0.360. The molecule has 1 N–H and O–H groups in total. The second kappa shape index (κ2) is 4.23. The molecule has 1 aliphatic heterocycles. The van der Waals surface area contributed by atoms with E-state index < -0.39 is 0 Å². The number of rotatable bonds is 2. The van der Waals surface area contributed by atoms with Gasteiger partial charge < -0.3 is 10.1 Å². The summed E-state index contributed by atoms with van der Waals surface area (Å²) < 4.78 is 6.84. The third kappa shape index (κ3) is 2.54. The van der Waals surface area contributed by atoms with Crippen LogP contribution in [0.1, 0.15) is 6.42 Å². The summed E-state index contributed by atoms with van der Waals surface area (Å²) in [4.78, 5) is 4.07. The molecular formula is C9H11IN2O. The molecule has 1 aromatic heterocycles. The molecule has 1 atom stereocenters. The van der Waals surface area contributed by atoms with E-state index in [1.807, 2.05) is 12.3 Å². The maximum Gasteiger partial charge on any atom is 0.139 e. The molecule has 0 aromatic carbocycles. The van der Waals surface area contributed by atoms with Gasteiger partial charge in [0.15, 0.2) is 0 Å². The molecule has 0 unspecified atom stereocenters. The first-order chi connectivity index (χ1) is 6.34. The van der Waals surface area contributed by atoms with Crippen LogP contribution in [0.4, 0.5) is 0 Å². The van der Waals surface area contributed by atoms with Crippen molar-refractivity contribution in [2.24, 2.45) is 0 Å². The highest BCUT2D eigenvalue weighted by atomic mass is 127. The zero-order chi connectivity index (χ0) is 9.10. The number of ether oxygens (including phenoxy) is 1. The maximum absolute atomic E-state index is 5.73. The van der Waals surface area contributed by atoms with Crippen molar-refractivity contribution in [3.8, 4) is 5.75 Å². The Morgan fingerprint density at radius 2 is 2.46 bits per heavy atom. The Kier molecular flexibility index (Phi) is 3.00. The maximum atomic E-state index is 5.73. The largest absolute Gasteiger partial charge is 0.487 e. The monoisotopic (exact) mass is 290 g/mol. The van der Waals surface area contributed by atoms with Gasteiger partial charge in [-0.25, -0.2) is 0 Å². The van der Waals surface area contributed by atoms with E-state index in [2.05, 4.69) is 32.9 Å². The fraction of sp³-hybridized carbons (Fsp3) is 0.444. The number of hydrogen-bond donors (Lipinski definition) is 1. The average molecular weight is 290 g/mol. The summed E-state index contributed by atoms with van der Waals surface area (Å²) in [6, 6.07) is 2.01. The number of aromatic nitrogens is 1. The highest BCUT2D eigenvalue weighted by Gasteiger charge is 2.15. The molecule has 1 aromatic rings. The molecule has 1 aliphatic rings. The minimum Gasteiger partial charge on any atom is -0.487 e. The van der Waals surface area contributed by atoms with Gasteiger partial charge in [0.05, 0.1) is 6.20 Å². The van der Waals surface area contributed by atoms with E-state index >= 15 is 0 Å². The van der Waals surface area contributed by atoms with E-state index in [0.29, 0.717) is 6.10 Å². The van der Waals surface area contributed by atoms with Crippen LogP contribution in [0.15, 0.2) is 18.5 Å². The topological polar surface area (TPSA) is 34.1 Å². The van der Waals surface area contributed by atoms with Crippen molar-refractivity contribution in [2.45, 2.75) is 12.5 Å². The highest BCUT2D eigenvalue weighted by Crippen LogP contribution is 2.16.